The van der Waals surface area contributed by atoms with Crippen LogP contribution in [0.5, 0.6) is 0 Å². The maximum absolute atomic E-state index is 12.7. The number of rotatable bonds is 2. The highest BCUT2D eigenvalue weighted by Gasteiger charge is 2.25. The number of benzene rings is 1. The molecule has 2 heterocycles. The molecule has 7 nitrogen and oxygen atoms in total. The van der Waals surface area contributed by atoms with Crippen molar-refractivity contribution in [1.29, 1.82) is 0 Å². The van der Waals surface area contributed by atoms with E-state index in [2.05, 4.69) is 15.5 Å². The molecule has 1 aromatic heterocycles. The zero-order valence-corrected chi connectivity index (χ0v) is 12.1. The van der Waals surface area contributed by atoms with Gasteiger partial charge in [-0.25, -0.2) is 0 Å². The molecule has 8 heteroatoms. The van der Waals surface area contributed by atoms with E-state index in [1.807, 2.05) is 0 Å². The van der Waals surface area contributed by atoms with Gasteiger partial charge >= 0.3 is 0 Å². The predicted octanol–water partition coefficient (Wildman–Crippen LogP) is 0.879. The number of nitrogens with two attached hydrogens (primary N) is 1. The second kappa shape index (κ2) is 5.79. The van der Waals surface area contributed by atoms with Crippen molar-refractivity contribution in [1.82, 2.24) is 25.1 Å². The number of likely N-dealkylation sites (tertiary alicyclic amines) is 1. The van der Waals surface area contributed by atoms with Gasteiger partial charge in [0.2, 0.25) is 0 Å². The Morgan fingerprint density at radius 3 is 3.00 bits per heavy atom. The maximum Gasteiger partial charge on any atom is 0.256 e. The fraction of sp³-hybridized carbons (Fsp3) is 0.385. The van der Waals surface area contributed by atoms with Crippen LogP contribution in [0.1, 0.15) is 23.2 Å². The first-order chi connectivity index (χ1) is 10.1. The van der Waals surface area contributed by atoms with Crippen LogP contribution < -0.4 is 5.73 Å². The molecule has 1 fully saturated rings. The van der Waals surface area contributed by atoms with Crippen LogP contribution in [-0.4, -0.2) is 50.1 Å². The molecule has 2 aromatic rings. The summed E-state index contributed by atoms with van der Waals surface area (Å²) < 4.78 is 1.45. The Hall–Kier alpha value is -1.99. The summed E-state index contributed by atoms with van der Waals surface area (Å²) in [5.41, 5.74) is 7.03. The van der Waals surface area contributed by atoms with Crippen LogP contribution >= 0.6 is 11.6 Å². The number of hydrogen-bond acceptors (Lipinski definition) is 5. The SMILES string of the molecule is NC1CCCN(C(=O)c2cc(Cl)ccc2-n2cnnn2)C1. The largest absolute Gasteiger partial charge is 0.337 e. The van der Waals surface area contributed by atoms with Crippen LogP contribution in [0, 0.1) is 0 Å². The lowest BCUT2D eigenvalue weighted by Gasteiger charge is -2.31. The highest BCUT2D eigenvalue weighted by molar-refractivity contribution is 6.31. The lowest BCUT2D eigenvalue weighted by atomic mass is 10.0. The number of carbonyl (C=O) groups is 1. The van der Waals surface area contributed by atoms with Crippen molar-refractivity contribution in [2.45, 2.75) is 18.9 Å². The monoisotopic (exact) mass is 306 g/mol. The molecule has 110 valence electrons. The molecule has 3 rings (SSSR count). The normalized spacial score (nSPS) is 18.8. The molecular formula is C13H15ClN6O. The quantitative estimate of drug-likeness (QED) is 0.889. The number of nitrogens with zero attached hydrogens (tertiary/aromatic N) is 5. The summed E-state index contributed by atoms with van der Waals surface area (Å²) in [6, 6.07) is 5.10. The highest BCUT2D eigenvalue weighted by Crippen LogP contribution is 2.22. The summed E-state index contributed by atoms with van der Waals surface area (Å²) in [6.07, 6.45) is 3.30. The molecule has 2 N–H and O–H groups in total. The van der Waals surface area contributed by atoms with E-state index in [1.54, 1.807) is 23.1 Å². The zero-order chi connectivity index (χ0) is 14.8. The molecule has 0 aliphatic carbocycles. The van der Waals surface area contributed by atoms with Gasteiger partial charge < -0.3 is 10.6 Å². The molecule has 0 saturated carbocycles. The van der Waals surface area contributed by atoms with Gasteiger partial charge in [-0.05, 0) is 41.5 Å². The summed E-state index contributed by atoms with van der Waals surface area (Å²) in [7, 11) is 0. The van der Waals surface area contributed by atoms with Gasteiger partial charge in [-0.2, -0.15) is 4.68 Å². The molecule has 0 radical (unpaired) electrons. The number of tetrazole rings is 1. The molecule has 1 aliphatic heterocycles. The first kappa shape index (κ1) is 14.0. The molecule has 1 atom stereocenters. The molecule has 0 spiro atoms. The smallest absolute Gasteiger partial charge is 0.256 e. The number of halogens is 1. The van der Waals surface area contributed by atoms with Crippen LogP contribution in [0.25, 0.3) is 5.69 Å². The Bertz CT molecular complexity index is 644. The average molecular weight is 307 g/mol. The molecule has 21 heavy (non-hydrogen) atoms. The summed E-state index contributed by atoms with van der Waals surface area (Å²) in [5, 5.41) is 11.5. The van der Waals surface area contributed by atoms with Crippen molar-refractivity contribution in [2.24, 2.45) is 5.73 Å². The first-order valence-electron chi connectivity index (χ1n) is 6.73. The number of aromatic nitrogens is 4. The lowest BCUT2D eigenvalue weighted by Crippen LogP contribution is -2.45. The first-order valence-corrected chi connectivity index (χ1v) is 7.11. The van der Waals surface area contributed by atoms with Crippen molar-refractivity contribution in [3.63, 3.8) is 0 Å². The molecule has 1 saturated heterocycles. The van der Waals surface area contributed by atoms with E-state index in [-0.39, 0.29) is 11.9 Å². The number of hydrogen-bond donors (Lipinski definition) is 1. The Morgan fingerprint density at radius 1 is 1.43 bits per heavy atom. The van der Waals surface area contributed by atoms with Gasteiger partial charge in [0.05, 0.1) is 11.3 Å². The van der Waals surface area contributed by atoms with Crippen molar-refractivity contribution >= 4 is 17.5 Å². The number of carbonyl (C=O) groups excluding carboxylic acids is 1. The van der Waals surface area contributed by atoms with E-state index in [9.17, 15) is 4.79 Å². The van der Waals surface area contributed by atoms with Gasteiger partial charge in [0.1, 0.15) is 6.33 Å². The third-order valence-corrected chi connectivity index (χ3v) is 3.76. The Balaban J connectivity index is 1.97. The predicted molar refractivity (Wildman–Crippen MR) is 77.3 cm³/mol. The van der Waals surface area contributed by atoms with Gasteiger partial charge in [-0.1, -0.05) is 11.6 Å². The summed E-state index contributed by atoms with van der Waals surface area (Å²) in [6.45, 7) is 1.26. The standard InChI is InChI=1S/C13H15ClN6O/c14-9-3-4-12(20-8-16-17-18-20)11(6-9)13(21)19-5-1-2-10(15)7-19/h3-4,6,8,10H,1-2,5,7,15H2. The van der Waals surface area contributed by atoms with Crippen molar-refractivity contribution in [3.8, 4) is 5.69 Å². The maximum atomic E-state index is 12.7. The van der Waals surface area contributed by atoms with Gasteiger partial charge in [-0.3, -0.25) is 4.79 Å². The van der Waals surface area contributed by atoms with E-state index < -0.39 is 0 Å². The number of amides is 1. The zero-order valence-electron chi connectivity index (χ0n) is 11.3. The number of piperidine rings is 1. The summed E-state index contributed by atoms with van der Waals surface area (Å²) >= 11 is 6.03. The van der Waals surface area contributed by atoms with Crippen molar-refractivity contribution in [2.75, 3.05) is 13.1 Å². The third kappa shape index (κ3) is 2.88. The molecular weight excluding hydrogens is 292 g/mol. The van der Waals surface area contributed by atoms with Crippen LogP contribution in [-0.2, 0) is 0 Å². The Labute approximate surface area is 126 Å². The highest BCUT2D eigenvalue weighted by atomic mass is 35.5. The van der Waals surface area contributed by atoms with Gasteiger partial charge in [-0.15, -0.1) is 5.10 Å². The van der Waals surface area contributed by atoms with E-state index in [4.69, 9.17) is 17.3 Å². The van der Waals surface area contributed by atoms with E-state index >= 15 is 0 Å². The van der Waals surface area contributed by atoms with Crippen LogP contribution in [0.15, 0.2) is 24.5 Å². The fourth-order valence-corrected chi connectivity index (χ4v) is 2.69. The van der Waals surface area contributed by atoms with Crippen molar-refractivity contribution < 1.29 is 4.79 Å². The van der Waals surface area contributed by atoms with Crippen molar-refractivity contribution in [3.05, 3.63) is 35.1 Å². The van der Waals surface area contributed by atoms with Crippen LogP contribution in [0.4, 0.5) is 0 Å². The van der Waals surface area contributed by atoms with Gasteiger partial charge in [0.25, 0.3) is 5.91 Å². The second-order valence-corrected chi connectivity index (χ2v) is 5.51. The van der Waals surface area contributed by atoms with E-state index in [1.165, 1.54) is 11.0 Å². The Kier molecular flexibility index (Phi) is 3.85. The summed E-state index contributed by atoms with van der Waals surface area (Å²) in [5.74, 6) is -0.0989. The van der Waals surface area contributed by atoms with Gasteiger partial charge in [0, 0.05) is 24.2 Å². The average Bonchev–Trinajstić information content (AvgIpc) is 3.00. The molecule has 1 aromatic carbocycles. The topological polar surface area (TPSA) is 89.9 Å². The molecule has 1 aliphatic rings. The van der Waals surface area contributed by atoms with Gasteiger partial charge in [0.15, 0.2) is 0 Å². The fourth-order valence-electron chi connectivity index (χ4n) is 2.52. The minimum absolute atomic E-state index is 0.0263. The molecule has 1 unspecified atom stereocenters. The minimum atomic E-state index is -0.0989. The van der Waals surface area contributed by atoms with E-state index in [0.717, 1.165) is 12.8 Å². The minimum Gasteiger partial charge on any atom is -0.337 e. The van der Waals surface area contributed by atoms with E-state index in [0.29, 0.717) is 29.4 Å². The molecule has 0 bridgehead atoms. The summed E-state index contributed by atoms with van der Waals surface area (Å²) in [4.78, 5) is 14.5. The van der Waals surface area contributed by atoms with Crippen LogP contribution in [0.2, 0.25) is 5.02 Å². The van der Waals surface area contributed by atoms with Crippen LogP contribution in [0.3, 0.4) is 0 Å². The third-order valence-electron chi connectivity index (χ3n) is 3.53. The Morgan fingerprint density at radius 2 is 2.29 bits per heavy atom. The lowest BCUT2D eigenvalue weighted by molar-refractivity contribution is 0.0708. The molecule has 1 amide bonds. The second-order valence-electron chi connectivity index (χ2n) is 5.07.